The van der Waals surface area contributed by atoms with E-state index in [9.17, 15) is 0 Å². The summed E-state index contributed by atoms with van der Waals surface area (Å²) in [5.41, 5.74) is 1.38. The van der Waals surface area contributed by atoms with E-state index in [-0.39, 0.29) is 0 Å². The van der Waals surface area contributed by atoms with E-state index >= 15 is 0 Å². The van der Waals surface area contributed by atoms with E-state index in [2.05, 4.69) is 41.3 Å². The van der Waals surface area contributed by atoms with E-state index in [1.165, 1.54) is 44.1 Å². The van der Waals surface area contributed by atoms with Crippen molar-refractivity contribution in [2.45, 2.75) is 71.4 Å². The van der Waals surface area contributed by atoms with Crippen molar-refractivity contribution >= 4 is 0 Å². The Kier molecular flexibility index (Phi) is 5.90. The molecule has 108 valence electrons. The molecule has 0 radical (unpaired) electrons. The molecule has 1 unspecified atom stereocenters. The van der Waals surface area contributed by atoms with E-state index in [0.717, 1.165) is 25.4 Å². The molecule has 0 amide bonds. The topological polar surface area (TPSA) is 29.9 Å². The Hall–Kier alpha value is -0.830. The molecule has 0 aromatic carbocycles. The summed E-state index contributed by atoms with van der Waals surface area (Å²) in [7, 11) is 0. The SMILES string of the molecule is CCCn1cc(C(CC2CCCCC2)NCC)cn1. The molecule has 1 aromatic heterocycles. The summed E-state index contributed by atoms with van der Waals surface area (Å²) in [6.07, 6.45) is 13.9. The predicted molar refractivity (Wildman–Crippen MR) is 80.1 cm³/mol. The van der Waals surface area contributed by atoms with Crippen LogP contribution >= 0.6 is 0 Å². The standard InChI is InChI=1S/C16H29N3/c1-3-10-19-13-15(12-18-19)16(17-4-2)11-14-8-6-5-7-9-14/h12-14,16-17H,3-11H2,1-2H3. The van der Waals surface area contributed by atoms with Gasteiger partial charge in [0.15, 0.2) is 0 Å². The highest BCUT2D eigenvalue weighted by atomic mass is 15.3. The Morgan fingerprint density at radius 2 is 2.11 bits per heavy atom. The fraction of sp³-hybridized carbons (Fsp3) is 0.812. The van der Waals surface area contributed by atoms with Gasteiger partial charge >= 0.3 is 0 Å². The van der Waals surface area contributed by atoms with Crippen molar-refractivity contribution in [2.75, 3.05) is 6.54 Å². The van der Waals surface area contributed by atoms with Gasteiger partial charge < -0.3 is 5.32 Å². The van der Waals surface area contributed by atoms with Gasteiger partial charge in [0.2, 0.25) is 0 Å². The number of nitrogens with one attached hydrogen (secondary N) is 1. The molecule has 1 fully saturated rings. The Morgan fingerprint density at radius 3 is 2.79 bits per heavy atom. The van der Waals surface area contributed by atoms with E-state index < -0.39 is 0 Å². The lowest BCUT2D eigenvalue weighted by molar-refractivity contribution is 0.301. The molecule has 1 aliphatic carbocycles. The maximum atomic E-state index is 4.48. The quantitative estimate of drug-likeness (QED) is 0.808. The molecule has 19 heavy (non-hydrogen) atoms. The summed E-state index contributed by atoms with van der Waals surface area (Å²) >= 11 is 0. The average molecular weight is 263 g/mol. The summed E-state index contributed by atoms with van der Waals surface area (Å²) in [5, 5.41) is 8.13. The lowest BCUT2D eigenvalue weighted by Crippen LogP contribution is -2.24. The molecule has 3 nitrogen and oxygen atoms in total. The van der Waals surface area contributed by atoms with Crippen molar-refractivity contribution in [3.63, 3.8) is 0 Å². The number of nitrogens with zero attached hydrogens (tertiary/aromatic N) is 2. The second-order valence-corrected chi connectivity index (χ2v) is 5.89. The fourth-order valence-electron chi connectivity index (χ4n) is 3.25. The summed E-state index contributed by atoms with van der Waals surface area (Å²) < 4.78 is 2.08. The Labute approximate surface area is 117 Å². The molecule has 0 spiro atoms. The van der Waals surface area contributed by atoms with Crippen LogP contribution in [0.15, 0.2) is 12.4 Å². The van der Waals surface area contributed by atoms with Crippen LogP contribution in [0.1, 0.15) is 70.4 Å². The van der Waals surface area contributed by atoms with Crippen molar-refractivity contribution in [3.05, 3.63) is 18.0 Å². The Balaban J connectivity index is 1.96. The highest BCUT2D eigenvalue weighted by Crippen LogP contribution is 2.31. The number of rotatable bonds is 7. The molecule has 0 saturated heterocycles. The van der Waals surface area contributed by atoms with Crippen molar-refractivity contribution in [1.29, 1.82) is 0 Å². The third-order valence-corrected chi connectivity index (χ3v) is 4.25. The van der Waals surface area contributed by atoms with Gasteiger partial charge in [-0.05, 0) is 25.3 Å². The smallest absolute Gasteiger partial charge is 0.0537 e. The highest BCUT2D eigenvalue weighted by molar-refractivity contribution is 5.10. The van der Waals surface area contributed by atoms with Gasteiger partial charge in [-0.25, -0.2) is 0 Å². The first kappa shape index (κ1) is 14.6. The van der Waals surface area contributed by atoms with Crippen molar-refractivity contribution < 1.29 is 0 Å². The van der Waals surface area contributed by atoms with Crippen molar-refractivity contribution in [3.8, 4) is 0 Å². The number of aryl methyl sites for hydroxylation is 1. The molecule has 1 aliphatic rings. The molecule has 2 rings (SSSR count). The second-order valence-electron chi connectivity index (χ2n) is 5.89. The number of hydrogen-bond acceptors (Lipinski definition) is 2. The van der Waals surface area contributed by atoms with E-state index in [1.54, 1.807) is 0 Å². The van der Waals surface area contributed by atoms with Crippen LogP contribution in [0.25, 0.3) is 0 Å². The minimum atomic E-state index is 0.499. The van der Waals surface area contributed by atoms with Crippen LogP contribution in [0.5, 0.6) is 0 Å². The minimum absolute atomic E-state index is 0.499. The maximum absolute atomic E-state index is 4.48. The Bertz CT molecular complexity index is 353. The zero-order chi connectivity index (χ0) is 13.5. The van der Waals surface area contributed by atoms with Gasteiger partial charge in [-0.2, -0.15) is 5.10 Å². The van der Waals surface area contributed by atoms with Crippen LogP contribution in [0.4, 0.5) is 0 Å². The first-order chi connectivity index (χ1) is 9.33. The fourth-order valence-corrected chi connectivity index (χ4v) is 3.25. The molecule has 1 heterocycles. The zero-order valence-corrected chi connectivity index (χ0v) is 12.6. The predicted octanol–water partition coefficient (Wildman–Crippen LogP) is 3.91. The van der Waals surface area contributed by atoms with Crippen LogP contribution in [0.3, 0.4) is 0 Å². The van der Waals surface area contributed by atoms with Gasteiger partial charge in [-0.1, -0.05) is 46.0 Å². The first-order valence-corrected chi connectivity index (χ1v) is 8.09. The van der Waals surface area contributed by atoms with Crippen LogP contribution in [-0.4, -0.2) is 16.3 Å². The summed E-state index contributed by atoms with van der Waals surface area (Å²) in [5.74, 6) is 0.910. The molecule has 1 aromatic rings. The average Bonchev–Trinajstić information content (AvgIpc) is 2.88. The monoisotopic (exact) mass is 263 g/mol. The molecule has 1 atom stereocenters. The van der Waals surface area contributed by atoms with Crippen LogP contribution in [0, 0.1) is 5.92 Å². The van der Waals surface area contributed by atoms with E-state index in [4.69, 9.17) is 0 Å². The van der Waals surface area contributed by atoms with Gasteiger partial charge in [0, 0.05) is 24.3 Å². The first-order valence-electron chi connectivity index (χ1n) is 8.09. The van der Waals surface area contributed by atoms with Crippen LogP contribution < -0.4 is 5.32 Å². The summed E-state index contributed by atoms with van der Waals surface area (Å²) in [4.78, 5) is 0. The van der Waals surface area contributed by atoms with Crippen molar-refractivity contribution in [2.24, 2.45) is 5.92 Å². The third-order valence-electron chi connectivity index (χ3n) is 4.25. The summed E-state index contributed by atoms with van der Waals surface area (Å²) in [6.45, 7) is 6.47. The molecular weight excluding hydrogens is 234 g/mol. The second kappa shape index (κ2) is 7.68. The molecule has 1 saturated carbocycles. The van der Waals surface area contributed by atoms with Gasteiger partial charge in [0.25, 0.3) is 0 Å². The summed E-state index contributed by atoms with van der Waals surface area (Å²) in [6, 6.07) is 0.499. The van der Waals surface area contributed by atoms with Gasteiger partial charge in [-0.3, -0.25) is 4.68 Å². The Morgan fingerprint density at radius 1 is 1.32 bits per heavy atom. The lowest BCUT2D eigenvalue weighted by Gasteiger charge is -2.26. The van der Waals surface area contributed by atoms with E-state index in [0.29, 0.717) is 6.04 Å². The van der Waals surface area contributed by atoms with E-state index in [1.807, 2.05) is 0 Å². The molecular formula is C16H29N3. The molecule has 0 aliphatic heterocycles. The lowest BCUT2D eigenvalue weighted by atomic mass is 9.84. The van der Waals surface area contributed by atoms with Gasteiger partial charge in [0.05, 0.1) is 6.20 Å². The van der Waals surface area contributed by atoms with Gasteiger partial charge in [0.1, 0.15) is 0 Å². The number of aromatic nitrogens is 2. The minimum Gasteiger partial charge on any atom is -0.310 e. The van der Waals surface area contributed by atoms with Crippen LogP contribution in [0.2, 0.25) is 0 Å². The third kappa shape index (κ3) is 4.34. The number of hydrogen-bond donors (Lipinski definition) is 1. The molecule has 1 N–H and O–H groups in total. The zero-order valence-electron chi connectivity index (χ0n) is 12.6. The van der Waals surface area contributed by atoms with Gasteiger partial charge in [-0.15, -0.1) is 0 Å². The normalized spacial score (nSPS) is 18.6. The van der Waals surface area contributed by atoms with Crippen molar-refractivity contribution in [1.82, 2.24) is 15.1 Å². The van der Waals surface area contributed by atoms with Crippen LogP contribution in [-0.2, 0) is 6.54 Å². The largest absolute Gasteiger partial charge is 0.310 e. The highest BCUT2D eigenvalue weighted by Gasteiger charge is 2.20. The molecule has 3 heteroatoms. The molecule has 0 bridgehead atoms. The maximum Gasteiger partial charge on any atom is 0.0537 e.